The van der Waals surface area contributed by atoms with Gasteiger partial charge in [0.15, 0.2) is 0 Å². The minimum atomic E-state index is -4.54. The van der Waals surface area contributed by atoms with Gasteiger partial charge in [0, 0.05) is 5.97 Å². The van der Waals surface area contributed by atoms with Gasteiger partial charge in [0.25, 0.3) is 0 Å². The number of aliphatic hydroxyl groups excluding tert-OH is 2. The summed E-state index contributed by atoms with van der Waals surface area (Å²) in [7, 11) is -4.54. The molecule has 0 bridgehead atoms. The summed E-state index contributed by atoms with van der Waals surface area (Å²) in [5.41, 5.74) is 0.286. The zero-order chi connectivity index (χ0) is 24.3. The monoisotopic (exact) mass is 508 g/mol. The van der Waals surface area contributed by atoms with Gasteiger partial charge in [-0.25, -0.2) is 4.18 Å². The molecule has 3 N–H and O–H groups in total. The fourth-order valence-corrected chi connectivity index (χ4v) is 8.86. The average molecular weight is 509 g/mol. The van der Waals surface area contributed by atoms with Crippen LogP contribution < -0.4 is 34.7 Å². The summed E-state index contributed by atoms with van der Waals surface area (Å²) in [5.74, 6) is -0.554. The molecule has 0 saturated heterocycles. The predicted octanol–water partition coefficient (Wildman–Crippen LogP) is -1.13. The molecule has 10 heteroatoms. The van der Waals surface area contributed by atoms with Crippen molar-refractivity contribution in [3.05, 3.63) is 11.6 Å². The van der Waals surface area contributed by atoms with E-state index < -0.39 is 34.7 Å². The van der Waals surface area contributed by atoms with Crippen molar-refractivity contribution in [1.82, 2.24) is 0 Å². The van der Waals surface area contributed by atoms with Gasteiger partial charge < -0.3 is 20.1 Å². The Kier molecular flexibility index (Phi) is 8.44. The molecule has 0 radical (unpaired) electrons. The van der Waals surface area contributed by atoms with Gasteiger partial charge in [-0.2, -0.15) is 8.42 Å². The third-order valence-electron chi connectivity index (χ3n) is 10.0. The van der Waals surface area contributed by atoms with Crippen LogP contribution in [-0.4, -0.2) is 47.5 Å². The number of carboxylic acids is 1. The Balaban J connectivity index is 0.00000324. The largest absolute Gasteiger partial charge is 1.00 e. The van der Waals surface area contributed by atoms with E-state index in [1.165, 1.54) is 0 Å². The molecular weight excluding hydrogens is 471 g/mol. The second-order valence-electron chi connectivity index (χ2n) is 11.5. The normalized spacial score (nSPS) is 44.6. The van der Waals surface area contributed by atoms with Gasteiger partial charge in [-0.3, -0.25) is 4.55 Å². The van der Waals surface area contributed by atoms with E-state index in [4.69, 9.17) is 8.74 Å². The number of rotatable bonds is 6. The predicted molar refractivity (Wildman–Crippen MR) is 118 cm³/mol. The van der Waals surface area contributed by atoms with Crippen LogP contribution in [0.15, 0.2) is 11.6 Å². The summed E-state index contributed by atoms with van der Waals surface area (Å²) >= 11 is 0. The van der Waals surface area contributed by atoms with Gasteiger partial charge in [-0.15, -0.1) is 0 Å². The van der Waals surface area contributed by atoms with E-state index in [1.807, 2.05) is 6.08 Å². The molecule has 0 aromatic carbocycles. The van der Waals surface area contributed by atoms with Gasteiger partial charge in [-0.05, 0) is 91.8 Å². The molecule has 34 heavy (non-hydrogen) atoms. The average Bonchev–Trinajstić information content (AvgIpc) is 3.05. The zero-order valence-electron chi connectivity index (χ0n) is 20.6. The fraction of sp³-hybridized carbons (Fsp3) is 0.875. The van der Waals surface area contributed by atoms with E-state index in [0.29, 0.717) is 32.1 Å². The standard InChI is InChI=1S/C24H38O8S.Na/c1-13(4-7-21(27)28)16-5-6-17-22-18(12-20(26)24(16,17)3)23(2)9-8-15(32-33(29,30)31)10-14(23)11-19(22)25;/h11,13,15-20,22,25-26H,4-10,12H2,1-3H3,(H,27,28)(H,29,30,31);/q;+1/p-1/t13-,15+,16-,17+,18+,19-,20+,22+,23+,24-;/m1./s1. The number of aliphatic carboxylic acids is 1. The molecule has 3 fully saturated rings. The van der Waals surface area contributed by atoms with Crippen LogP contribution in [0, 0.1) is 40.4 Å². The van der Waals surface area contributed by atoms with Gasteiger partial charge in [0.2, 0.25) is 0 Å². The second-order valence-corrected chi connectivity index (χ2v) is 12.5. The van der Waals surface area contributed by atoms with E-state index >= 15 is 0 Å². The van der Waals surface area contributed by atoms with Crippen molar-refractivity contribution in [2.45, 2.75) is 90.4 Å². The van der Waals surface area contributed by atoms with Crippen molar-refractivity contribution >= 4 is 16.4 Å². The summed E-state index contributed by atoms with van der Waals surface area (Å²) in [4.78, 5) is 11.0. The minimum absolute atomic E-state index is 0. The summed E-state index contributed by atoms with van der Waals surface area (Å²) in [5, 5.41) is 33.8. The number of hydrogen-bond acceptors (Lipinski definition) is 7. The maximum Gasteiger partial charge on any atom is 1.00 e. The van der Waals surface area contributed by atoms with Crippen LogP contribution in [0.3, 0.4) is 0 Å². The Morgan fingerprint density at radius 3 is 2.53 bits per heavy atom. The molecule has 10 atom stereocenters. The Morgan fingerprint density at radius 2 is 1.91 bits per heavy atom. The molecule has 4 aliphatic rings. The van der Waals surface area contributed by atoms with Crippen LogP contribution >= 0.6 is 0 Å². The van der Waals surface area contributed by atoms with Crippen molar-refractivity contribution in [2.24, 2.45) is 40.4 Å². The number of hydrogen-bond donors (Lipinski definition) is 3. The number of carbonyl (C=O) groups excluding carboxylic acids is 1. The molecule has 0 aromatic rings. The SMILES string of the molecule is C[C@H](CCC(=O)[O-])[C@H]1CC[C@H]2[C@@H]3[C@H](O)C=C4C[C@@H](OS(=O)(=O)O)CC[C@]4(C)[C@H]3C[C@H](O)[C@]12C.[Na+]. The molecule has 8 nitrogen and oxygen atoms in total. The van der Waals surface area contributed by atoms with Crippen LogP contribution in [0.1, 0.15) is 72.1 Å². The molecule has 0 unspecified atom stereocenters. The molecule has 4 aliphatic carbocycles. The van der Waals surface area contributed by atoms with E-state index in [1.54, 1.807) is 0 Å². The number of carbonyl (C=O) groups is 1. The van der Waals surface area contributed by atoms with Crippen molar-refractivity contribution < 1.29 is 66.8 Å². The third kappa shape index (κ3) is 4.93. The second kappa shape index (κ2) is 10.0. The quantitative estimate of drug-likeness (QED) is 0.232. The van der Waals surface area contributed by atoms with Crippen molar-refractivity contribution in [2.75, 3.05) is 0 Å². The summed E-state index contributed by atoms with van der Waals surface area (Å²) < 4.78 is 36.3. The van der Waals surface area contributed by atoms with Gasteiger partial charge in [-0.1, -0.05) is 32.4 Å². The van der Waals surface area contributed by atoms with E-state index in [2.05, 4.69) is 20.8 Å². The van der Waals surface area contributed by atoms with Gasteiger partial charge >= 0.3 is 40.0 Å². The zero-order valence-corrected chi connectivity index (χ0v) is 23.5. The van der Waals surface area contributed by atoms with E-state index in [9.17, 15) is 28.5 Å². The smallest absolute Gasteiger partial charge is 0.550 e. The Labute approximate surface area is 224 Å². The van der Waals surface area contributed by atoms with Crippen LogP contribution in [0.2, 0.25) is 0 Å². The third-order valence-corrected chi connectivity index (χ3v) is 10.5. The Bertz CT molecular complexity index is 922. The molecule has 0 aliphatic heterocycles. The first-order chi connectivity index (χ1) is 15.3. The molecular formula is C24H37NaO8S. The maximum absolute atomic E-state index is 11.5. The van der Waals surface area contributed by atoms with Crippen LogP contribution in [0.4, 0.5) is 0 Å². The Hall–Kier alpha value is -0.000000000000000222. The molecule has 0 spiro atoms. The molecule has 4 rings (SSSR count). The first kappa shape index (κ1) is 28.6. The van der Waals surface area contributed by atoms with Crippen LogP contribution in [0.25, 0.3) is 0 Å². The summed E-state index contributed by atoms with van der Waals surface area (Å²) in [6.07, 6.45) is 4.31. The summed E-state index contributed by atoms with van der Waals surface area (Å²) in [6, 6.07) is 0. The first-order valence-corrected chi connectivity index (χ1v) is 13.6. The maximum atomic E-state index is 11.5. The van der Waals surface area contributed by atoms with Gasteiger partial charge in [0.1, 0.15) is 0 Å². The van der Waals surface area contributed by atoms with Crippen molar-refractivity contribution in [1.29, 1.82) is 0 Å². The minimum Gasteiger partial charge on any atom is -0.550 e. The van der Waals surface area contributed by atoms with E-state index in [0.717, 1.165) is 18.4 Å². The molecule has 0 heterocycles. The number of aliphatic hydroxyl groups is 2. The van der Waals surface area contributed by atoms with E-state index in [-0.39, 0.29) is 76.4 Å². The number of carboxylic acid groups (broad SMARTS) is 1. The van der Waals surface area contributed by atoms with Crippen LogP contribution in [-0.2, 0) is 19.4 Å². The molecule has 188 valence electrons. The van der Waals surface area contributed by atoms with Crippen molar-refractivity contribution in [3.8, 4) is 0 Å². The number of fused-ring (bicyclic) bond motifs is 5. The molecule has 3 saturated carbocycles. The van der Waals surface area contributed by atoms with Crippen LogP contribution in [0.5, 0.6) is 0 Å². The summed E-state index contributed by atoms with van der Waals surface area (Å²) in [6.45, 7) is 6.33. The Morgan fingerprint density at radius 1 is 1.24 bits per heavy atom. The topological polar surface area (TPSA) is 144 Å². The molecule has 0 amide bonds. The fourth-order valence-electron chi connectivity index (χ4n) is 8.35. The van der Waals surface area contributed by atoms with Crippen molar-refractivity contribution in [3.63, 3.8) is 0 Å². The van der Waals surface area contributed by atoms with Gasteiger partial charge in [0.05, 0.1) is 18.3 Å². The first-order valence-electron chi connectivity index (χ1n) is 12.2. The molecule has 0 aromatic heterocycles.